The van der Waals surface area contributed by atoms with Gasteiger partial charge in [0.05, 0.1) is 12.0 Å². The van der Waals surface area contributed by atoms with Crippen molar-refractivity contribution in [3.8, 4) is 16.9 Å². The number of likely N-dealkylation sites (tertiary alicyclic amines) is 1. The molecule has 166 valence electrons. The van der Waals surface area contributed by atoms with Crippen LogP contribution in [0.15, 0.2) is 84.9 Å². The van der Waals surface area contributed by atoms with E-state index in [4.69, 9.17) is 9.47 Å². The van der Waals surface area contributed by atoms with E-state index in [9.17, 15) is 4.79 Å². The number of hydrogen-bond donors (Lipinski definition) is 0. The average molecular weight is 430 g/mol. The van der Waals surface area contributed by atoms with E-state index in [0.29, 0.717) is 13.2 Å². The molecule has 0 radical (unpaired) electrons. The summed E-state index contributed by atoms with van der Waals surface area (Å²) in [7, 11) is 0. The second-order valence-corrected chi connectivity index (χ2v) is 8.25. The highest BCUT2D eigenvalue weighted by Crippen LogP contribution is 2.37. The molecule has 0 amide bonds. The first-order valence-corrected chi connectivity index (χ1v) is 11.4. The molecule has 1 heterocycles. The van der Waals surface area contributed by atoms with Crippen molar-refractivity contribution in [2.24, 2.45) is 0 Å². The van der Waals surface area contributed by atoms with Gasteiger partial charge in [-0.05, 0) is 61.7 Å². The van der Waals surface area contributed by atoms with Gasteiger partial charge in [-0.15, -0.1) is 0 Å². The maximum absolute atomic E-state index is 12.9. The minimum absolute atomic E-state index is 0.0967. The van der Waals surface area contributed by atoms with Gasteiger partial charge in [-0.1, -0.05) is 72.8 Å². The Hall–Kier alpha value is -3.11. The predicted octanol–water partition coefficient (Wildman–Crippen LogP) is 5.33. The summed E-state index contributed by atoms with van der Waals surface area (Å²) >= 11 is 0. The molecule has 4 nitrogen and oxygen atoms in total. The Kier molecular flexibility index (Phi) is 7.23. The van der Waals surface area contributed by atoms with Gasteiger partial charge in [-0.2, -0.15) is 0 Å². The van der Waals surface area contributed by atoms with Gasteiger partial charge < -0.3 is 9.47 Å². The van der Waals surface area contributed by atoms with Crippen molar-refractivity contribution in [1.29, 1.82) is 0 Å². The zero-order valence-corrected chi connectivity index (χ0v) is 18.7. The third kappa shape index (κ3) is 5.03. The lowest BCUT2D eigenvalue weighted by Gasteiger charge is -2.40. The fraction of sp³-hybridized carbons (Fsp3) is 0.321. The van der Waals surface area contributed by atoms with Crippen LogP contribution in [0, 0.1) is 0 Å². The largest absolute Gasteiger partial charge is 0.492 e. The van der Waals surface area contributed by atoms with Crippen molar-refractivity contribution < 1.29 is 14.3 Å². The maximum Gasteiger partial charge on any atom is 0.316 e. The number of rotatable bonds is 8. The fourth-order valence-electron chi connectivity index (χ4n) is 4.46. The highest BCUT2D eigenvalue weighted by atomic mass is 16.5. The second kappa shape index (κ2) is 10.5. The lowest BCUT2D eigenvalue weighted by molar-refractivity contribution is -0.152. The summed E-state index contributed by atoms with van der Waals surface area (Å²) in [6.45, 7) is 5.45. The normalized spacial score (nSPS) is 15.8. The van der Waals surface area contributed by atoms with Crippen LogP contribution in [0.1, 0.15) is 25.3 Å². The second-order valence-electron chi connectivity index (χ2n) is 8.25. The number of ether oxygens (including phenoxy) is 2. The Morgan fingerprint density at radius 3 is 2.06 bits per heavy atom. The van der Waals surface area contributed by atoms with Crippen LogP contribution < -0.4 is 4.74 Å². The molecular formula is C28H31NO3. The van der Waals surface area contributed by atoms with Gasteiger partial charge in [0.25, 0.3) is 0 Å². The first-order valence-electron chi connectivity index (χ1n) is 11.4. The fourth-order valence-corrected chi connectivity index (χ4v) is 4.46. The molecule has 0 N–H and O–H groups in total. The summed E-state index contributed by atoms with van der Waals surface area (Å²) in [5.74, 6) is 0.785. The third-order valence-electron chi connectivity index (χ3n) is 6.34. The van der Waals surface area contributed by atoms with Crippen LogP contribution in [0.3, 0.4) is 0 Å². The van der Waals surface area contributed by atoms with Gasteiger partial charge in [-0.25, -0.2) is 0 Å². The molecule has 3 aromatic carbocycles. The van der Waals surface area contributed by atoms with E-state index in [1.165, 1.54) is 11.1 Å². The molecule has 4 heteroatoms. The lowest BCUT2D eigenvalue weighted by Crippen LogP contribution is -2.48. The molecule has 32 heavy (non-hydrogen) atoms. The molecule has 1 saturated heterocycles. The van der Waals surface area contributed by atoms with Crippen molar-refractivity contribution in [3.63, 3.8) is 0 Å². The number of nitrogens with zero attached hydrogens (tertiary/aromatic N) is 1. The molecule has 0 aliphatic carbocycles. The minimum Gasteiger partial charge on any atom is -0.492 e. The monoisotopic (exact) mass is 429 g/mol. The van der Waals surface area contributed by atoms with E-state index in [-0.39, 0.29) is 5.97 Å². The Morgan fingerprint density at radius 2 is 1.44 bits per heavy atom. The van der Waals surface area contributed by atoms with Crippen LogP contribution >= 0.6 is 0 Å². The Bertz CT molecular complexity index is 978. The highest BCUT2D eigenvalue weighted by Gasteiger charge is 2.44. The Labute approximate surface area is 190 Å². The van der Waals surface area contributed by atoms with Crippen LogP contribution in [0.4, 0.5) is 0 Å². The standard InChI is InChI=1S/C28H31NO3/c1-2-31-27(30)28(25-11-7-4-8-12-25)17-19-29(20-18-28)21-22-32-26-15-13-24(14-16-26)23-9-5-3-6-10-23/h3-16H,2,17-22H2,1H3. The number of piperidine rings is 1. The Morgan fingerprint density at radius 1 is 0.844 bits per heavy atom. The molecule has 0 bridgehead atoms. The molecule has 0 saturated carbocycles. The summed E-state index contributed by atoms with van der Waals surface area (Å²) < 4.78 is 11.5. The molecule has 0 aromatic heterocycles. The molecule has 1 aliphatic heterocycles. The van der Waals surface area contributed by atoms with Crippen molar-refractivity contribution in [1.82, 2.24) is 4.90 Å². The predicted molar refractivity (Wildman–Crippen MR) is 128 cm³/mol. The van der Waals surface area contributed by atoms with Gasteiger partial charge in [-0.3, -0.25) is 9.69 Å². The van der Waals surface area contributed by atoms with E-state index < -0.39 is 5.41 Å². The minimum atomic E-state index is -0.540. The molecule has 0 atom stereocenters. The Balaban J connectivity index is 1.30. The van der Waals surface area contributed by atoms with Crippen LogP contribution in [0.25, 0.3) is 11.1 Å². The quantitative estimate of drug-likeness (QED) is 0.454. The van der Waals surface area contributed by atoms with Crippen LogP contribution in [-0.2, 0) is 14.9 Å². The lowest BCUT2D eigenvalue weighted by atomic mass is 9.72. The van der Waals surface area contributed by atoms with Crippen LogP contribution in [0.2, 0.25) is 0 Å². The zero-order chi connectivity index (χ0) is 22.2. The van der Waals surface area contributed by atoms with Gasteiger partial charge in [0.15, 0.2) is 0 Å². The SMILES string of the molecule is CCOC(=O)C1(c2ccccc2)CCN(CCOc2ccc(-c3ccccc3)cc2)CC1. The third-order valence-corrected chi connectivity index (χ3v) is 6.34. The van der Waals surface area contributed by atoms with Crippen molar-refractivity contribution in [2.75, 3.05) is 32.8 Å². The molecule has 3 aromatic rings. The summed E-state index contributed by atoms with van der Waals surface area (Å²) in [5.41, 5.74) is 2.91. The van der Waals surface area contributed by atoms with E-state index >= 15 is 0 Å². The van der Waals surface area contributed by atoms with Gasteiger partial charge in [0, 0.05) is 6.54 Å². The number of benzene rings is 3. The number of hydrogen-bond acceptors (Lipinski definition) is 4. The van der Waals surface area contributed by atoms with Gasteiger partial charge >= 0.3 is 5.97 Å². The van der Waals surface area contributed by atoms with Gasteiger partial charge in [0.1, 0.15) is 12.4 Å². The average Bonchev–Trinajstić information content (AvgIpc) is 2.86. The van der Waals surface area contributed by atoms with E-state index in [0.717, 1.165) is 43.8 Å². The number of carbonyl (C=O) groups is 1. The molecule has 0 unspecified atom stereocenters. The summed E-state index contributed by atoms with van der Waals surface area (Å²) in [6.07, 6.45) is 1.53. The van der Waals surface area contributed by atoms with Gasteiger partial charge in [0.2, 0.25) is 0 Å². The van der Waals surface area contributed by atoms with Crippen LogP contribution in [-0.4, -0.2) is 43.7 Å². The van der Waals surface area contributed by atoms with Crippen LogP contribution in [0.5, 0.6) is 5.75 Å². The van der Waals surface area contributed by atoms with E-state index in [1.54, 1.807) is 0 Å². The molecule has 0 spiro atoms. The molecular weight excluding hydrogens is 398 g/mol. The summed E-state index contributed by atoms with van der Waals surface area (Å²) in [5, 5.41) is 0. The maximum atomic E-state index is 12.9. The first-order chi connectivity index (χ1) is 15.7. The van der Waals surface area contributed by atoms with Crippen molar-refractivity contribution >= 4 is 5.97 Å². The van der Waals surface area contributed by atoms with E-state index in [2.05, 4.69) is 41.3 Å². The van der Waals surface area contributed by atoms with Crippen molar-refractivity contribution in [3.05, 3.63) is 90.5 Å². The number of carbonyl (C=O) groups excluding carboxylic acids is 1. The first kappa shape index (κ1) is 22.1. The van der Waals surface area contributed by atoms with Crippen molar-refractivity contribution in [2.45, 2.75) is 25.2 Å². The van der Waals surface area contributed by atoms with E-state index in [1.807, 2.05) is 55.5 Å². The topological polar surface area (TPSA) is 38.8 Å². The summed E-state index contributed by atoms with van der Waals surface area (Å²) in [6, 6.07) is 28.7. The summed E-state index contributed by atoms with van der Waals surface area (Å²) in [4.78, 5) is 15.3. The highest BCUT2D eigenvalue weighted by molar-refractivity contribution is 5.83. The zero-order valence-electron chi connectivity index (χ0n) is 18.7. The molecule has 1 aliphatic rings. The molecule has 4 rings (SSSR count). The smallest absolute Gasteiger partial charge is 0.316 e. The number of esters is 1. The molecule has 1 fully saturated rings.